The Hall–Kier alpha value is -1.24. The fourth-order valence-corrected chi connectivity index (χ4v) is 3.32. The number of rotatable bonds is 5. The van der Waals surface area contributed by atoms with Gasteiger partial charge in [0.05, 0.1) is 15.6 Å². The molecule has 0 bridgehead atoms. The molecule has 2 aromatic rings. The van der Waals surface area contributed by atoms with E-state index in [1.165, 1.54) is 0 Å². The molecule has 1 N–H and O–H groups in total. The number of hydrogen-bond acceptors (Lipinski definition) is 4. The predicted octanol–water partition coefficient (Wildman–Crippen LogP) is 2.28. The second-order valence-electron chi connectivity index (χ2n) is 4.32. The molecule has 4 nitrogen and oxygen atoms in total. The van der Waals surface area contributed by atoms with E-state index in [9.17, 15) is 8.42 Å². The Labute approximate surface area is 117 Å². The van der Waals surface area contributed by atoms with Gasteiger partial charge in [0.1, 0.15) is 0 Å². The lowest BCUT2D eigenvalue weighted by Crippen LogP contribution is -2.26. The summed E-state index contributed by atoms with van der Waals surface area (Å²) >= 11 is 1.57. The minimum atomic E-state index is -3.41. The molecule has 0 unspecified atom stereocenters. The highest BCUT2D eigenvalue weighted by molar-refractivity contribution is 7.89. The standard InChI is InChI=1S/C13H16N2O2S2/c1-10-3-5-13(6-4-10)19(16,17)14-8-7-12-9-18-11(2)15-12/h3-6,9,14H,7-8H2,1-2H3. The number of aryl methyl sites for hydroxylation is 2. The van der Waals surface area contributed by atoms with Crippen molar-refractivity contribution in [1.82, 2.24) is 9.71 Å². The van der Waals surface area contributed by atoms with Crippen LogP contribution < -0.4 is 4.72 Å². The summed E-state index contributed by atoms with van der Waals surface area (Å²) in [5.41, 5.74) is 1.96. The van der Waals surface area contributed by atoms with Crippen LogP contribution in [0.4, 0.5) is 0 Å². The van der Waals surface area contributed by atoms with Gasteiger partial charge in [-0.3, -0.25) is 0 Å². The molecule has 1 heterocycles. The quantitative estimate of drug-likeness (QED) is 0.921. The Morgan fingerprint density at radius 3 is 2.47 bits per heavy atom. The Kier molecular flexibility index (Phi) is 4.34. The summed E-state index contributed by atoms with van der Waals surface area (Å²) in [5, 5.41) is 2.95. The van der Waals surface area contributed by atoms with Gasteiger partial charge in [0.2, 0.25) is 10.0 Å². The van der Waals surface area contributed by atoms with E-state index >= 15 is 0 Å². The molecule has 0 aliphatic heterocycles. The minimum absolute atomic E-state index is 0.299. The van der Waals surface area contributed by atoms with E-state index in [0.29, 0.717) is 17.9 Å². The maximum absolute atomic E-state index is 12.0. The lowest BCUT2D eigenvalue weighted by molar-refractivity contribution is 0.581. The van der Waals surface area contributed by atoms with Gasteiger partial charge in [-0.2, -0.15) is 0 Å². The SMILES string of the molecule is Cc1ccc(S(=O)(=O)NCCc2csc(C)n2)cc1. The van der Waals surface area contributed by atoms with Crippen molar-refractivity contribution in [2.24, 2.45) is 0 Å². The number of nitrogens with zero attached hydrogens (tertiary/aromatic N) is 1. The molecule has 102 valence electrons. The Morgan fingerprint density at radius 2 is 1.89 bits per heavy atom. The average Bonchev–Trinajstić information content (AvgIpc) is 2.75. The first-order valence-electron chi connectivity index (χ1n) is 5.95. The van der Waals surface area contributed by atoms with Crippen molar-refractivity contribution in [1.29, 1.82) is 0 Å². The van der Waals surface area contributed by atoms with Gasteiger partial charge in [-0.1, -0.05) is 17.7 Å². The van der Waals surface area contributed by atoms with Crippen LogP contribution in [0.1, 0.15) is 16.3 Å². The molecule has 2 rings (SSSR count). The van der Waals surface area contributed by atoms with Crippen molar-refractivity contribution < 1.29 is 8.42 Å². The van der Waals surface area contributed by atoms with Crippen LogP contribution in [0.3, 0.4) is 0 Å². The zero-order valence-electron chi connectivity index (χ0n) is 10.9. The number of thiazole rings is 1. The van der Waals surface area contributed by atoms with Gasteiger partial charge < -0.3 is 0 Å². The summed E-state index contributed by atoms with van der Waals surface area (Å²) in [7, 11) is -3.41. The Balaban J connectivity index is 1.96. The molecule has 0 atom stereocenters. The molecule has 0 saturated carbocycles. The molecular formula is C13H16N2O2S2. The van der Waals surface area contributed by atoms with Crippen molar-refractivity contribution in [2.75, 3.05) is 6.54 Å². The van der Waals surface area contributed by atoms with E-state index in [2.05, 4.69) is 9.71 Å². The third-order valence-electron chi connectivity index (χ3n) is 2.67. The minimum Gasteiger partial charge on any atom is -0.247 e. The Bertz CT molecular complexity index is 646. The molecule has 0 fully saturated rings. The van der Waals surface area contributed by atoms with Crippen LogP contribution in [-0.2, 0) is 16.4 Å². The van der Waals surface area contributed by atoms with Gasteiger partial charge in [0.25, 0.3) is 0 Å². The highest BCUT2D eigenvalue weighted by atomic mass is 32.2. The molecular weight excluding hydrogens is 280 g/mol. The molecule has 0 saturated heterocycles. The van der Waals surface area contributed by atoms with Gasteiger partial charge in [0.15, 0.2) is 0 Å². The van der Waals surface area contributed by atoms with Crippen LogP contribution in [0.2, 0.25) is 0 Å². The lowest BCUT2D eigenvalue weighted by atomic mass is 10.2. The van der Waals surface area contributed by atoms with Gasteiger partial charge in [-0.25, -0.2) is 18.1 Å². The maximum Gasteiger partial charge on any atom is 0.240 e. The topological polar surface area (TPSA) is 59.1 Å². The number of nitrogens with one attached hydrogen (secondary N) is 1. The summed E-state index contributed by atoms with van der Waals surface area (Å²) < 4.78 is 26.6. The van der Waals surface area contributed by atoms with Crippen molar-refractivity contribution in [3.63, 3.8) is 0 Å². The van der Waals surface area contributed by atoms with Crippen LogP contribution >= 0.6 is 11.3 Å². The highest BCUT2D eigenvalue weighted by Crippen LogP contribution is 2.11. The van der Waals surface area contributed by atoms with E-state index in [1.54, 1.807) is 35.6 Å². The van der Waals surface area contributed by atoms with Crippen LogP contribution in [0.25, 0.3) is 0 Å². The van der Waals surface area contributed by atoms with Gasteiger partial charge >= 0.3 is 0 Å². The summed E-state index contributed by atoms with van der Waals surface area (Å²) in [4.78, 5) is 4.60. The van der Waals surface area contributed by atoms with Gasteiger partial charge in [-0.15, -0.1) is 11.3 Å². The fourth-order valence-electron chi connectivity index (χ4n) is 1.64. The van der Waals surface area contributed by atoms with Crippen LogP contribution in [0.5, 0.6) is 0 Å². The number of aromatic nitrogens is 1. The van der Waals surface area contributed by atoms with E-state index in [1.807, 2.05) is 19.2 Å². The first kappa shape index (κ1) is 14.2. The van der Waals surface area contributed by atoms with Crippen molar-refractivity contribution in [3.8, 4) is 0 Å². The zero-order chi connectivity index (χ0) is 13.9. The normalized spacial score (nSPS) is 11.7. The van der Waals surface area contributed by atoms with Crippen LogP contribution in [-0.4, -0.2) is 19.9 Å². The van der Waals surface area contributed by atoms with Crippen molar-refractivity contribution in [2.45, 2.75) is 25.2 Å². The third-order valence-corrected chi connectivity index (χ3v) is 4.97. The molecule has 6 heteroatoms. The second kappa shape index (κ2) is 5.81. The first-order valence-corrected chi connectivity index (χ1v) is 8.31. The summed E-state index contributed by atoms with van der Waals surface area (Å²) in [5.74, 6) is 0. The number of sulfonamides is 1. The number of hydrogen-bond donors (Lipinski definition) is 1. The molecule has 1 aromatic carbocycles. The van der Waals surface area contributed by atoms with Crippen LogP contribution in [0, 0.1) is 13.8 Å². The smallest absolute Gasteiger partial charge is 0.240 e. The highest BCUT2D eigenvalue weighted by Gasteiger charge is 2.12. The predicted molar refractivity (Wildman–Crippen MR) is 76.9 cm³/mol. The monoisotopic (exact) mass is 296 g/mol. The largest absolute Gasteiger partial charge is 0.247 e. The Morgan fingerprint density at radius 1 is 1.21 bits per heavy atom. The molecule has 0 amide bonds. The van der Waals surface area contributed by atoms with Gasteiger partial charge in [0, 0.05) is 18.3 Å². The zero-order valence-corrected chi connectivity index (χ0v) is 12.5. The van der Waals surface area contributed by atoms with Crippen LogP contribution in [0.15, 0.2) is 34.5 Å². The molecule has 0 aliphatic carbocycles. The lowest BCUT2D eigenvalue weighted by Gasteiger charge is -2.06. The van der Waals surface area contributed by atoms with Gasteiger partial charge in [-0.05, 0) is 26.0 Å². The molecule has 19 heavy (non-hydrogen) atoms. The number of benzene rings is 1. The molecule has 1 aromatic heterocycles. The van der Waals surface area contributed by atoms with Crippen molar-refractivity contribution in [3.05, 3.63) is 45.9 Å². The van der Waals surface area contributed by atoms with E-state index in [-0.39, 0.29) is 0 Å². The van der Waals surface area contributed by atoms with E-state index in [0.717, 1.165) is 16.3 Å². The summed E-state index contributed by atoms with van der Waals surface area (Å²) in [6, 6.07) is 6.81. The third kappa shape index (κ3) is 3.86. The molecule has 0 aliphatic rings. The summed E-state index contributed by atoms with van der Waals surface area (Å²) in [6.45, 7) is 4.22. The first-order chi connectivity index (χ1) is 8.97. The maximum atomic E-state index is 12.0. The van der Waals surface area contributed by atoms with E-state index in [4.69, 9.17) is 0 Å². The molecule has 0 radical (unpaired) electrons. The second-order valence-corrected chi connectivity index (χ2v) is 7.15. The molecule has 0 spiro atoms. The summed E-state index contributed by atoms with van der Waals surface area (Å²) in [6.07, 6.45) is 0.607. The average molecular weight is 296 g/mol. The fraction of sp³-hybridized carbons (Fsp3) is 0.308. The van der Waals surface area contributed by atoms with E-state index < -0.39 is 10.0 Å². The van der Waals surface area contributed by atoms with Crippen molar-refractivity contribution >= 4 is 21.4 Å².